The van der Waals surface area contributed by atoms with Gasteiger partial charge in [-0.05, 0) is 44.0 Å². The Labute approximate surface area is 147 Å². The molecule has 1 aliphatic rings. The lowest BCUT2D eigenvalue weighted by atomic mass is 9.96. The molecule has 0 radical (unpaired) electrons. The zero-order valence-corrected chi connectivity index (χ0v) is 14.3. The van der Waals surface area contributed by atoms with E-state index in [1.165, 1.54) is 19.3 Å². The quantitative estimate of drug-likeness (QED) is 0.902. The van der Waals surface area contributed by atoms with Crippen molar-refractivity contribution in [1.82, 2.24) is 9.78 Å². The van der Waals surface area contributed by atoms with Crippen LogP contribution in [0.25, 0.3) is 0 Å². The fourth-order valence-corrected chi connectivity index (χ4v) is 3.12. The lowest BCUT2D eigenvalue weighted by Gasteiger charge is -2.24. The van der Waals surface area contributed by atoms with Crippen LogP contribution >= 0.6 is 0 Å². The second-order valence-electron chi connectivity index (χ2n) is 6.34. The molecule has 1 N–H and O–H groups in total. The van der Waals surface area contributed by atoms with Gasteiger partial charge in [0.2, 0.25) is 0 Å². The highest BCUT2D eigenvalue weighted by Gasteiger charge is 2.21. The predicted molar refractivity (Wildman–Crippen MR) is 94.2 cm³/mol. The van der Waals surface area contributed by atoms with E-state index >= 15 is 0 Å². The standard InChI is InChI=1S/C19H22N4O2/c1-14(25-17-9-7-15(13-20)8-10-17)19(24)22-18-11-12-21-23(18)16-5-3-2-4-6-16/h7-12,14,16H,2-6H2,1H3,(H,22,24). The minimum atomic E-state index is -0.650. The third kappa shape index (κ3) is 4.18. The molecule has 0 saturated heterocycles. The van der Waals surface area contributed by atoms with Gasteiger partial charge in [0.25, 0.3) is 5.91 Å². The molecule has 6 heteroatoms. The van der Waals surface area contributed by atoms with E-state index in [0.717, 1.165) is 12.8 Å². The zero-order valence-electron chi connectivity index (χ0n) is 14.3. The number of rotatable bonds is 5. The van der Waals surface area contributed by atoms with Crippen molar-refractivity contribution < 1.29 is 9.53 Å². The number of nitrogens with zero attached hydrogens (tertiary/aromatic N) is 3. The SMILES string of the molecule is CC(Oc1ccc(C#N)cc1)C(=O)Nc1ccnn1C1CCCCC1. The van der Waals surface area contributed by atoms with Gasteiger partial charge in [-0.1, -0.05) is 19.3 Å². The highest BCUT2D eigenvalue weighted by atomic mass is 16.5. The van der Waals surface area contributed by atoms with E-state index in [4.69, 9.17) is 10.00 Å². The average Bonchev–Trinajstić information content (AvgIpc) is 3.11. The number of carbonyl (C=O) groups excluding carboxylic acids is 1. The molecule has 6 nitrogen and oxygen atoms in total. The van der Waals surface area contributed by atoms with Crippen LogP contribution in [0.3, 0.4) is 0 Å². The third-order valence-electron chi connectivity index (χ3n) is 4.51. The Kier molecular flexibility index (Phi) is 5.34. The maximum atomic E-state index is 12.4. The summed E-state index contributed by atoms with van der Waals surface area (Å²) >= 11 is 0. The minimum Gasteiger partial charge on any atom is -0.481 e. The van der Waals surface area contributed by atoms with Gasteiger partial charge in [0.1, 0.15) is 11.6 Å². The van der Waals surface area contributed by atoms with Crippen LogP contribution in [0.1, 0.15) is 50.6 Å². The number of nitriles is 1. The van der Waals surface area contributed by atoms with Crippen molar-refractivity contribution in [2.45, 2.75) is 51.2 Å². The second-order valence-corrected chi connectivity index (χ2v) is 6.34. The van der Waals surface area contributed by atoms with E-state index < -0.39 is 6.10 Å². The molecule has 1 amide bonds. The van der Waals surface area contributed by atoms with E-state index in [9.17, 15) is 4.79 Å². The Morgan fingerprint density at radius 1 is 1.28 bits per heavy atom. The number of hydrogen-bond acceptors (Lipinski definition) is 4. The summed E-state index contributed by atoms with van der Waals surface area (Å²) in [5.41, 5.74) is 0.556. The van der Waals surface area contributed by atoms with E-state index in [1.54, 1.807) is 37.4 Å². The van der Waals surface area contributed by atoms with E-state index in [2.05, 4.69) is 16.5 Å². The number of ether oxygens (including phenoxy) is 1. The first-order valence-corrected chi connectivity index (χ1v) is 8.68. The smallest absolute Gasteiger partial charge is 0.266 e. The van der Waals surface area contributed by atoms with Gasteiger partial charge in [-0.2, -0.15) is 10.4 Å². The van der Waals surface area contributed by atoms with Crippen LogP contribution in [0.15, 0.2) is 36.5 Å². The van der Waals surface area contributed by atoms with Gasteiger partial charge in [0.05, 0.1) is 23.9 Å². The number of benzene rings is 1. The Balaban J connectivity index is 1.61. The predicted octanol–water partition coefficient (Wildman–Crippen LogP) is 3.67. The van der Waals surface area contributed by atoms with E-state index in [0.29, 0.717) is 23.2 Å². The van der Waals surface area contributed by atoms with Crippen LogP contribution in [0.4, 0.5) is 5.82 Å². The van der Waals surface area contributed by atoms with Gasteiger partial charge < -0.3 is 10.1 Å². The maximum absolute atomic E-state index is 12.4. The van der Waals surface area contributed by atoms with Crippen LogP contribution in [-0.2, 0) is 4.79 Å². The fourth-order valence-electron chi connectivity index (χ4n) is 3.12. The summed E-state index contributed by atoms with van der Waals surface area (Å²) in [6.45, 7) is 1.70. The van der Waals surface area contributed by atoms with Crippen molar-refractivity contribution in [2.75, 3.05) is 5.32 Å². The van der Waals surface area contributed by atoms with Gasteiger partial charge in [0.15, 0.2) is 6.10 Å². The Hall–Kier alpha value is -2.81. The Bertz CT molecular complexity index is 754. The molecule has 1 heterocycles. The normalized spacial score (nSPS) is 16.0. The fraction of sp³-hybridized carbons (Fsp3) is 0.421. The lowest BCUT2D eigenvalue weighted by molar-refractivity contribution is -0.122. The Morgan fingerprint density at radius 3 is 2.68 bits per heavy atom. The average molecular weight is 338 g/mol. The van der Waals surface area contributed by atoms with Crippen molar-refractivity contribution in [3.63, 3.8) is 0 Å². The highest BCUT2D eigenvalue weighted by Crippen LogP contribution is 2.30. The molecule has 25 heavy (non-hydrogen) atoms. The molecular weight excluding hydrogens is 316 g/mol. The largest absolute Gasteiger partial charge is 0.481 e. The van der Waals surface area contributed by atoms with Crippen LogP contribution in [0.2, 0.25) is 0 Å². The number of anilines is 1. The van der Waals surface area contributed by atoms with E-state index in [1.807, 2.05) is 10.7 Å². The molecule has 0 bridgehead atoms. The first-order valence-electron chi connectivity index (χ1n) is 8.68. The maximum Gasteiger partial charge on any atom is 0.266 e. The molecule has 0 spiro atoms. The van der Waals surface area contributed by atoms with Crippen molar-refractivity contribution in [1.29, 1.82) is 5.26 Å². The van der Waals surface area contributed by atoms with Crippen LogP contribution in [0.5, 0.6) is 5.75 Å². The van der Waals surface area contributed by atoms with Gasteiger partial charge in [-0.15, -0.1) is 0 Å². The summed E-state index contributed by atoms with van der Waals surface area (Å²) in [6, 6.07) is 10.9. The molecule has 2 aromatic rings. The van der Waals surface area contributed by atoms with Crippen molar-refractivity contribution in [3.8, 4) is 11.8 Å². The second kappa shape index (κ2) is 7.84. The zero-order chi connectivity index (χ0) is 17.6. The van der Waals surface area contributed by atoms with Crippen LogP contribution in [0, 0.1) is 11.3 Å². The molecule has 130 valence electrons. The van der Waals surface area contributed by atoms with Crippen molar-refractivity contribution in [3.05, 3.63) is 42.1 Å². The number of carbonyl (C=O) groups is 1. The highest BCUT2D eigenvalue weighted by molar-refractivity contribution is 5.93. The van der Waals surface area contributed by atoms with Gasteiger partial charge >= 0.3 is 0 Å². The van der Waals surface area contributed by atoms with Crippen molar-refractivity contribution in [2.24, 2.45) is 0 Å². The molecule has 1 aromatic carbocycles. The summed E-state index contributed by atoms with van der Waals surface area (Å²) < 4.78 is 7.58. The summed E-state index contributed by atoms with van der Waals surface area (Å²) in [4.78, 5) is 12.4. The molecule has 1 unspecified atom stereocenters. The Morgan fingerprint density at radius 2 is 2.00 bits per heavy atom. The molecule has 1 aromatic heterocycles. The summed E-state index contributed by atoms with van der Waals surface area (Å²) in [6.07, 6.45) is 6.95. The number of amides is 1. The molecule has 1 aliphatic carbocycles. The third-order valence-corrected chi connectivity index (χ3v) is 4.51. The van der Waals surface area contributed by atoms with Gasteiger partial charge in [0, 0.05) is 6.07 Å². The molecular formula is C19H22N4O2. The van der Waals surface area contributed by atoms with E-state index in [-0.39, 0.29) is 5.91 Å². The topological polar surface area (TPSA) is 79.9 Å². The molecule has 0 aliphatic heterocycles. The number of aromatic nitrogens is 2. The first-order chi connectivity index (χ1) is 12.2. The number of hydrogen-bond donors (Lipinski definition) is 1. The number of nitrogens with one attached hydrogen (secondary N) is 1. The molecule has 3 rings (SSSR count). The monoisotopic (exact) mass is 338 g/mol. The molecule has 1 atom stereocenters. The summed E-state index contributed by atoms with van der Waals surface area (Å²) in [7, 11) is 0. The summed E-state index contributed by atoms with van der Waals surface area (Å²) in [5, 5.41) is 16.1. The molecule has 1 fully saturated rings. The van der Waals surface area contributed by atoms with Crippen LogP contribution < -0.4 is 10.1 Å². The molecule has 1 saturated carbocycles. The van der Waals surface area contributed by atoms with Gasteiger partial charge in [-0.3, -0.25) is 4.79 Å². The van der Waals surface area contributed by atoms with Crippen LogP contribution in [-0.4, -0.2) is 21.8 Å². The van der Waals surface area contributed by atoms with Crippen molar-refractivity contribution >= 4 is 11.7 Å². The lowest BCUT2D eigenvalue weighted by Crippen LogP contribution is -2.31. The minimum absolute atomic E-state index is 0.220. The first kappa shape index (κ1) is 17.0. The van der Waals surface area contributed by atoms with Gasteiger partial charge in [-0.25, -0.2) is 4.68 Å². The summed E-state index contributed by atoms with van der Waals surface area (Å²) in [5.74, 6) is 1.05.